The van der Waals surface area contributed by atoms with Crippen LogP contribution < -0.4 is 65.0 Å². The van der Waals surface area contributed by atoms with Gasteiger partial charge in [0, 0.05) is 93.8 Å². The van der Waals surface area contributed by atoms with Gasteiger partial charge in [-0.25, -0.2) is 45.1 Å². The molecule has 0 radical (unpaired) electrons. The number of hydrogen-bond donors (Lipinski definition) is 3. The molecule has 0 aliphatic rings. The Hall–Kier alpha value is -16.3. The van der Waals surface area contributed by atoms with Gasteiger partial charge in [-0.15, -0.1) is 0 Å². The van der Waals surface area contributed by atoms with Crippen molar-refractivity contribution in [3.8, 4) is 92.1 Å². The second kappa shape index (κ2) is 44.4. The third kappa shape index (κ3) is 22.8. The lowest BCUT2D eigenvalue weighted by Gasteiger charge is -2.15. The number of ether oxygens (including phenoxy) is 9. The Morgan fingerprint density at radius 1 is 0.418 bits per heavy atom. The zero-order valence-corrected chi connectivity index (χ0v) is 75.2. The van der Waals surface area contributed by atoms with Crippen molar-refractivity contribution in [1.29, 1.82) is 5.26 Å². The minimum atomic E-state index is -1.17. The van der Waals surface area contributed by atoms with Gasteiger partial charge < -0.3 is 68.1 Å². The van der Waals surface area contributed by atoms with Crippen molar-refractivity contribution in [3.63, 3.8) is 0 Å². The molecule has 0 atom stereocenters. The Balaban J connectivity index is 0.000000187. The molecule has 0 spiro atoms. The first kappa shape index (κ1) is 98.3. The molecule has 0 saturated heterocycles. The highest BCUT2D eigenvalue weighted by Crippen LogP contribution is 2.42. The molecule has 0 saturated carbocycles. The molecule has 28 nitrogen and oxygen atoms in total. The molecule has 1 amide bonds. The second-order valence-electron chi connectivity index (χ2n) is 28.3. The molecular formula is C97H73BBr2F6N10O18. The van der Waals surface area contributed by atoms with Crippen LogP contribution in [0.25, 0.3) is 59.5 Å². The number of aromatic nitrogens is 6. The summed E-state index contributed by atoms with van der Waals surface area (Å²) in [5, 5.41) is 24.2. The summed E-state index contributed by atoms with van der Waals surface area (Å²) in [7, 11) is 7.84. The molecule has 15 aromatic rings. The summed E-state index contributed by atoms with van der Waals surface area (Å²) in [6.45, 7) is 19.3. The fourth-order valence-corrected chi connectivity index (χ4v) is 14.6. The third-order valence-electron chi connectivity index (χ3n) is 19.6. The summed E-state index contributed by atoms with van der Waals surface area (Å²) in [6.07, 6.45) is 3.64. The van der Waals surface area contributed by atoms with E-state index >= 15 is 13.2 Å². The average Bonchev–Trinajstić information content (AvgIpc) is 0.772. The fourth-order valence-electron chi connectivity index (χ4n) is 13.5. The van der Waals surface area contributed by atoms with Crippen LogP contribution in [0, 0.1) is 66.3 Å². The predicted molar refractivity (Wildman–Crippen MR) is 493 cm³/mol. The van der Waals surface area contributed by atoms with Crippen LogP contribution in [0.4, 0.5) is 38.0 Å². The van der Waals surface area contributed by atoms with Crippen molar-refractivity contribution in [2.75, 3.05) is 42.7 Å². The van der Waals surface area contributed by atoms with Crippen LogP contribution in [-0.4, -0.2) is 112 Å². The van der Waals surface area contributed by atoms with Gasteiger partial charge >= 0.3 is 18.2 Å². The number of benzene rings is 9. The maximum atomic E-state index is 15.2. The number of ketones is 3. The Bertz CT molecular complexity index is 7120. The predicted octanol–water partition coefficient (Wildman–Crippen LogP) is 19.3. The van der Waals surface area contributed by atoms with E-state index in [4.69, 9.17) is 76.8 Å². The fraction of sp³-hybridized carbons (Fsp3) is 0.124. The number of nitriles is 1. The van der Waals surface area contributed by atoms with Crippen molar-refractivity contribution in [1.82, 2.24) is 28.7 Å². The van der Waals surface area contributed by atoms with Crippen LogP contribution in [0.5, 0.6) is 69.0 Å². The maximum absolute atomic E-state index is 15.2. The lowest BCUT2D eigenvalue weighted by atomic mass is 9.99. The van der Waals surface area contributed by atoms with Crippen LogP contribution in [0.1, 0.15) is 70.7 Å². The Morgan fingerprint density at radius 3 is 0.985 bits per heavy atom. The number of methoxy groups -OCH3 is 6. The molecule has 9 aromatic carbocycles. The number of Topliss-reactive ketones (excluding diaryl/α,β-unsaturated/α-hetero) is 3. The number of primary amides is 1. The number of nitrogens with two attached hydrogens (primary N) is 1. The standard InChI is InChI=1S/C32H23F2N3O5.C31H22BrF2N3O6.C31H20BrF2N3O5.C2H3N.CH5BO2/c1-18-13-23(32(39)37(31(18)35-2)21-8-6-20(33)7-9-21)26(38)15-19-5-10-28(24(34)14-19)42-27-11-12-36-25-17-30(41-4)29(40-3)16-22(25)27;1-41-27-14-19-23(15-28(27)42-2)36-10-9-25(19)43-26-8-3-16(11-22(26)34)12-24(38)20-13-21(32)29(30(35)39)37(31(20)40)18-6-4-17(33)5-7-18;1-35-30-22(32)14-21(31(39)37(30)19-7-5-18(33)6-8-19)25(38)13-17-4-9-27(23(34)12-17)42-26-10-11-36-24-16-29(41-3)28(40-2)15-20(24)26;1-2-3;1-2(3)4/h5-14,16-17H,15H2,1,3-4H3;3-11,13-15H,12H2,1-2H3,(H2,35,39);4-12,14-16H,13H2,2-3H3;1H3;3-4H,1H3. The van der Waals surface area contributed by atoms with Gasteiger partial charge in [-0.05, 0) is 216 Å². The molecule has 15 rings (SSSR count). The first-order valence-electron chi connectivity index (χ1n) is 39.4. The van der Waals surface area contributed by atoms with Crippen LogP contribution in [-0.2, 0) is 19.3 Å². The van der Waals surface area contributed by atoms with E-state index in [2.05, 4.69) is 56.5 Å². The van der Waals surface area contributed by atoms with Crippen molar-refractivity contribution in [2.24, 2.45) is 5.73 Å². The number of amides is 1. The van der Waals surface area contributed by atoms with Crippen molar-refractivity contribution in [3.05, 3.63) is 361 Å². The van der Waals surface area contributed by atoms with Crippen LogP contribution in [0.3, 0.4) is 0 Å². The summed E-state index contributed by atoms with van der Waals surface area (Å²) >= 11 is 6.45. The molecule has 134 heavy (non-hydrogen) atoms. The van der Waals surface area contributed by atoms with Gasteiger partial charge in [-0.2, -0.15) is 5.26 Å². The zero-order chi connectivity index (χ0) is 97.1. The number of rotatable bonds is 25. The Labute approximate surface area is 775 Å². The van der Waals surface area contributed by atoms with E-state index in [-0.39, 0.29) is 102 Å². The third-order valence-corrected chi connectivity index (χ3v) is 20.8. The SMILES string of the molecule is CB(O)O.CC#N.COc1cc2nccc(Oc3ccc(CC(=O)c4cc(Br)c(C(N)=O)n(-c5ccc(F)cc5)c4=O)cc3F)c2cc1OC.[C-]#[N+]c1c(Br)cc(C(=O)Cc2ccc(Oc3ccnc4cc(OC)c(OC)cc34)c(F)c2)c(=O)n1-c1ccc(F)cc1.[C-]#[N+]c1c(C)cc(C(=O)Cc2ccc(Oc3ccnc4cc(OC)c(OC)cc34)c(F)c2)c(=O)n1-c1ccc(F)cc1. The van der Waals surface area contributed by atoms with E-state index in [0.29, 0.717) is 101 Å². The van der Waals surface area contributed by atoms with Crippen LogP contribution in [0.15, 0.2) is 242 Å². The van der Waals surface area contributed by atoms with E-state index in [1.54, 1.807) is 67.6 Å². The van der Waals surface area contributed by atoms with E-state index in [9.17, 15) is 46.7 Å². The Morgan fingerprint density at radius 2 is 0.694 bits per heavy atom. The number of fused-ring (bicyclic) bond motifs is 3. The molecule has 6 aromatic heterocycles. The quantitative estimate of drug-likeness (QED) is 0.0207. The zero-order valence-electron chi connectivity index (χ0n) is 72.0. The first-order valence-corrected chi connectivity index (χ1v) is 41.0. The highest BCUT2D eigenvalue weighted by molar-refractivity contribution is 9.11. The summed E-state index contributed by atoms with van der Waals surface area (Å²) in [5.74, 6) is -3.09. The molecule has 6 heterocycles. The number of aryl methyl sites for hydroxylation is 1. The summed E-state index contributed by atoms with van der Waals surface area (Å²) in [5.41, 5.74) is 5.80. The number of pyridine rings is 6. The monoisotopic (exact) mass is 1950 g/mol. The van der Waals surface area contributed by atoms with Crippen molar-refractivity contribution >= 4 is 107 Å². The second-order valence-corrected chi connectivity index (χ2v) is 30.1. The lowest BCUT2D eigenvalue weighted by molar-refractivity contribution is 0.0976. The summed E-state index contributed by atoms with van der Waals surface area (Å²) < 4.78 is 139. The van der Waals surface area contributed by atoms with E-state index in [1.165, 1.54) is 172 Å². The van der Waals surface area contributed by atoms with E-state index in [0.717, 1.165) is 62.2 Å². The van der Waals surface area contributed by atoms with Crippen molar-refractivity contribution in [2.45, 2.75) is 39.9 Å². The normalized spacial score (nSPS) is 10.5. The van der Waals surface area contributed by atoms with Gasteiger partial charge in [0.2, 0.25) is 5.82 Å². The molecule has 0 unspecified atom stereocenters. The minimum absolute atomic E-state index is 0.00963. The number of carbonyl (C=O) groups is 4. The van der Waals surface area contributed by atoms with Crippen LogP contribution >= 0.6 is 31.9 Å². The molecule has 0 aliphatic heterocycles. The van der Waals surface area contributed by atoms with Gasteiger partial charge in [0.1, 0.15) is 62.9 Å². The van der Waals surface area contributed by atoms with Gasteiger partial charge in [0.05, 0.1) is 70.8 Å². The van der Waals surface area contributed by atoms with Crippen LogP contribution in [0.2, 0.25) is 6.82 Å². The van der Waals surface area contributed by atoms with Gasteiger partial charge in [-0.3, -0.25) is 43.5 Å². The lowest BCUT2D eigenvalue weighted by Crippen LogP contribution is -2.32. The highest BCUT2D eigenvalue weighted by Gasteiger charge is 2.28. The molecule has 4 N–H and O–H groups in total. The van der Waals surface area contributed by atoms with Crippen molar-refractivity contribution < 1.29 is 98.2 Å². The minimum Gasteiger partial charge on any atom is -0.493 e. The molecule has 0 fully saturated rings. The Kier molecular flexibility index (Phi) is 32.6. The molecule has 0 aliphatic carbocycles. The number of carbonyl (C=O) groups excluding carboxylic acids is 4. The summed E-state index contributed by atoms with van der Waals surface area (Å²) in [4.78, 5) is 112. The van der Waals surface area contributed by atoms with Gasteiger partial charge in [0.15, 0.2) is 86.5 Å². The number of hydrogen-bond acceptors (Lipinski definition) is 22. The van der Waals surface area contributed by atoms with Gasteiger partial charge in [0.25, 0.3) is 17.3 Å². The largest absolute Gasteiger partial charge is 0.493 e. The number of nitrogens with zero attached hydrogens (tertiary/aromatic N) is 9. The first-order chi connectivity index (χ1) is 64.2. The highest BCUT2D eigenvalue weighted by atomic mass is 79.9. The summed E-state index contributed by atoms with van der Waals surface area (Å²) in [6, 6.07) is 47.3. The molecule has 678 valence electrons. The van der Waals surface area contributed by atoms with Gasteiger partial charge in [-0.1, -0.05) is 47.3 Å². The molecule has 0 bridgehead atoms. The maximum Gasteiger partial charge on any atom is 0.448 e. The van der Waals surface area contributed by atoms with E-state index < -0.39 is 82.0 Å². The van der Waals surface area contributed by atoms with E-state index in [1.807, 2.05) is 0 Å². The average molecular weight is 1950 g/mol. The molecule has 37 heteroatoms. The smallest absolute Gasteiger partial charge is 0.448 e. The number of halogens is 8. The molecular weight excluding hydrogens is 1880 g/mol. The topological polar surface area (TPSA) is 355 Å².